The Morgan fingerprint density at radius 1 is 1.19 bits per heavy atom. The summed E-state index contributed by atoms with van der Waals surface area (Å²) in [5.41, 5.74) is 0. The normalized spacial score (nSPS) is 26.1. The van der Waals surface area contributed by atoms with Crippen molar-refractivity contribution in [3.63, 3.8) is 0 Å². The molecule has 0 radical (unpaired) electrons. The molecule has 2 fully saturated rings. The maximum atomic E-state index is 12.2. The molecule has 2 heterocycles. The SMILES string of the molecule is CCN1CCC[C@@H]1CNC(=O)C1CCN(S(C)(=O)=O)CC1. The third-order valence-electron chi connectivity index (χ3n) is 4.71. The number of nitrogens with zero attached hydrogens (tertiary/aromatic N) is 2. The summed E-state index contributed by atoms with van der Waals surface area (Å²) in [6, 6.07) is 0.468. The van der Waals surface area contributed by atoms with Gasteiger partial charge in [-0.25, -0.2) is 12.7 Å². The van der Waals surface area contributed by atoms with Crippen LogP contribution in [0.25, 0.3) is 0 Å². The Bertz CT molecular complexity index is 458. The van der Waals surface area contributed by atoms with Gasteiger partial charge in [0.1, 0.15) is 0 Å². The maximum Gasteiger partial charge on any atom is 0.223 e. The molecule has 2 aliphatic heterocycles. The number of nitrogens with one attached hydrogen (secondary N) is 1. The number of sulfonamides is 1. The van der Waals surface area contributed by atoms with E-state index in [1.807, 2.05) is 0 Å². The summed E-state index contributed by atoms with van der Waals surface area (Å²) in [6.45, 7) is 5.96. The predicted molar refractivity (Wildman–Crippen MR) is 82.4 cm³/mol. The number of rotatable bonds is 5. The summed E-state index contributed by atoms with van der Waals surface area (Å²) in [6.07, 6.45) is 4.84. The van der Waals surface area contributed by atoms with Gasteiger partial charge in [0.05, 0.1) is 6.26 Å². The minimum atomic E-state index is -3.12. The molecule has 0 aromatic rings. The van der Waals surface area contributed by atoms with Crippen molar-refractivity contribution in [3.8, 4) is 0 Å². The third-order valence-corrected chi connectivity index (χ3v) is 6.01. The molecule has 6 nitrogen and oxygen atoms in total. The van der Waals surface area contributed by atoms with E-state index in [-0.39, 0.29) is 11.8 Å². The van der Waals surface area contributed by atoms with Gasteiger partial charge in [-0.1, -0.05) is 6.92 Å². The van der Waals surface area contributed by atoms with Crippen LogP contribution in [0.1, 0.15) is 32.6 Å². The highest BCUT2D eigenvalue weighted by molar-refractivity contribution is 7.88. The highest BCUT2D eigenvalue weighted by Crippen LogP contribution is 2.20. The van der Waals surface area contributed by atoms with Gasteiger partial charge in [-0.15, -0.1) is 0 Å². The van der Waals surface area contributed by atoms with Gasteiger partial charge in [0, 0.05) is 31.6 Å². The first-order valence-corrected chi connectivity index (χ1v) is 9.73. The van der Waals surface area contributed by atoms with Crippen molar-refractivity contribution < 1.29 is 13.2 Å². The zero-order valence-corrected chi connectivity index (χ0v) is 13.9. The molecule has 2 aliphatic rings. The van der Waals surface area contributed by atoms with E-state index < -0.39 is 10.0 Å². The van der Waals surface area contributed by atoms with Gasteiger partial charge in [-0.2, -0.15) is 0 Å². The molecular formula is C14H27N3O3S. The Labute approximate surface area is 127 Å². The second-order valence-corrected chi connectivity index (χ2v) is 8.09. The maximum absolute atomic E-state index is 12.2. The van der Waals surface area contributed by atoms with Crippen LogP contribution in [0, 0.1) is 5.92 Å². The molecule has 0 saturated carbocycles. The van der Waals surface area contributed by atoms with Gasteiger partial charge in [0.25, 0.3) is 0 Å². The topological polar surface area (TPSA) is 69.7 Å². The molecule has 7 heteroatoms. The Kier molecular flexibility index (Phi) is 5.62. The summed E-state index contributed by atoms with van der Waals surface area (Å²) >= 11 is 0. The summed E-state index contributed by atoms with van der Waals surface area (Å²) < 4.78 is 24.4. The van der Waals surface area contributed by atoms with Gasteiger partial charge in [0.15, 0.2) is 0 Å². The molecule has 0 unspecified atom stereocenters. The number of hydrogen-bond donors (Lipinski definition) is 1. The van der Waals surface area contributed by atoms with Gasteiger partial charge < -0.3 is 5.32 Å². The van der Waals surface area contributed by atoms with Crippen LogP contribution in [0.4, 0.5) is 0 Å². The van der Waals surface area contributed by atoms with E-state index in [9.17, 15) is 13.2 Å². The van der Waals surface area contributed by atoms with Crippen LogP contribution in [0.2, 0.25) is 0 Å². The van der Waals surface area contributed by atoms with Crippen molar-refractivity contribution in [3.05, 3.63) is 0 Å². The third kappa shape index (κ3) is 4.40. The van der Waals surface area contributed by atoms with E-state index in [4.69, 9.17) is 0 Å². The van der Waals surface area contributed by atoms with E-state index in [1.165, 1.54) is 17.0 Å². The van der Waals surface area contributed by atoms with Gasteiger partial charge >= 0.3 is 0 Å². The fourth-order valence-electron chi connectivity index (χ4n) is 3.35. The van der Waals surface area contributed by atoms with Crippen molar-refractivity contribution in [1.82, 2.24) is 14.5 Å². The standard InChI is InChI=1S/C14H27N3O3S/c1-3-16-8-4-5-13(16)11-15-14(18)12-6-9-17(10-7-12)21(2,19)20/h12-13H,3-11H2,1-2H3,(H,15,18)/t13-/m1/s1. The van der Waals surface area contributed by atoms with Crippen molar-refractivity contribution in [2.75, 3.05) is 39.0 Å². The fourth-order valence-corrected chi connectivity index (χ4v) is 4.23. The number of carbonyl (C=O) groups is 1. The van der Waals surface area contributed by atoms with Crippen LogP contribution < -0.4 is 5.32 Å². The smallest absolute Gasteiger partial charge is 0.223 e. The largest absolute Gasteiger partial charge is 0.354 e. The molecule has 0 spiro atoms. The quantitative estimate of drug-likeness (QED) is 0.789. The molecule has 1 N–H and O–H groups in total. The molecule has 1 amide bonds. The summed E-state index contributed by atoms with van der Waals surface area (Å²) in [5, 5.41) is 3.06. The molecule has 0 bridgehead atoms. The molecule has 0 aliphatic carbocycles. The number of hydrogen-bond acceptors (Lipinski definition) is 4. The lowest BCUT2D eigenvalue weighted by Gasteiger charge is -2.30. The molecule has 0 aromatic heterocycles. The second-order valence-electron chi connectivity index (χ2n) is 6.11. The minimum absolute atomic E-state index is 0.0421. The highest BCUT2D eigenvalue weighted by atomic mass is 32.2. The van der Waals surface area contributed by atoms with Crippen LogP contribution in [0.5, 0.6) is 0 Å². The van der Waals surface area contributed by atoms with Crippen molar-refractivity contribution in [1.29, 1.82) is 0 Å². The van der Waals surface area contributed by atoms with Crippen LogP contribution in [-0.2, 0) is 14.8 Å². The molecule has 2 saturated heterocycles. The molecular weight excluding hydrogens is 290 g/mol. The lowest BCUT2D eigenvalue weighted by Crippen LogP contribution is -2.45. The van der Waals surface area contributed by atoms with Gasteiger partial charge in [-0.3, -0.25) is 9.69 Å². The summed E-state index contributed by atoms with van der Waals surface area (Å²) in [4.78, 5) is 14.6. The zero-order chi connectivity index (χ0) is 15.5. The second kappa shape index (κ2) is 7.07. The first-order valence-electron chi connectivity index (χ1n) is 7.88. The van der Waals surface area contributed by atoms with E-state index in [2.05, 4.69) is 17.1 Å². The number of piperidine rings is 1. The molecule has 122 valence electrons. The van der Waals surface area contributed by atoms with Gasteiger partial charge in [0.2, 0.25) is 15.9 Å². The van der Waals surface area contributed by atoms with Crippen molar-refractivity contribution in [2.24, 2.45) is 5.92 Å². The first kappa shape index (κ1) is 16.7. The average molecular weight is 317 g/mol. The number of carbonyl (C=O) groups excluding carboxylic acids is 1. The highest BCUT2D eigenvalue weighted by Gasteiger charge is 2.30. The van der Waals surface area contributed by atoms with E-state index in [0.717, 1.165) is 26.1 Å². The van der Waals surface area contributed by atoms with Crippen LogP contribution in [-0.4, -0.2) is 68.6 Å². The lowest BCUT2D eigenvalue weighted by atomic mass is 9.97. The molecule has 0 aromatic carbocycles. The summed E-state index contributed by atoms with van der Waals surface area (Å²) in [7, 11) is -3.12. The lowest BCUT2D eigenvalue weighted by molar-refractivity contribution is -0.126. The van der Waals surface area contributed by atoms with E-state index >= 15 is 0 Å². The Balaban J connectivity index is 1.75. The fraction of sp³-hybridized carbons (Fsp3) is 0.929. The monoisotopic (exact) mass is 317 g/mol. The number of likely N-dealkylation sites (tertiary alicyclic amines) is 1. The molecule has 2 rings (SSSR count). The first-order chi connectivity index (χ1) is 9.91. The van der Waals surface area contributed by atoms with Crippen molar-refractivity contribution in [2.45, 2.75) is 38.6 Å². The van der Waals surface area contributed by atoms with Crippen LogP contribution >= 0.6 is 0 Å². The zero-order valence-electron chi connectivity index (χ0n) is 13.0. The minimum Gasteiger partial charge on any atom is -0.354 e. The van der Waals surface area contributed by atoms with E-state index in [0.29, 0.717) is 32.0 Å². The molecule has 1 atom stereocenters. The predicted octanol–water partition coefficient (Wildman–Crippen LogP) is 0.259. The Morgan fingerprint density at radius 2 is 1.86 bits per heavy atom. The van der Waals surface area contributed by atoms with Crippen LogP contribution in [0.3, 0.4) is 0 Å². The number of amides is 1. The van der Waals surface area contributed by atoms with Gasteiger partial charge in [-0.05, 0) is 38.8 Å². The Morgan fingerprint density at radius 3 is 2.43 bits per heavy atom. The van der Waals surface area contributed by atoms with Crippen LogP contribution in [0.15, 0.2) is 0 Å². The van der Waals surface area contributed by atoms with Crippen molar-refractivity contribution >= 4 is 15.9 Å². The number of likely N-dealkylation sites (N-methyl/N-ethyl adjacent to an activating group) is 1. The Hall–Kier alpha value is -0.660. The summed E-state index contributed by atoms with van der Waals surface area (Å²) in [5.74, 6) is 0.0468. The average Bonchev–Trinajstić information content (AvgIpc) is 2.91. The molecule has 21 heavy (non-hydrogen) atoms. The van der Waals surface area contributed by atoms with E-state index in [1.54, 1.807) is 0 Å².